The predicted octanol–water partition coefficient (Wildman–Crippen LogP) is 2.65. The van der Waals surface area contributed by atoms with Gasteiger partial charge < -0.3 is 15.5 Å². The van der Waals surface area contributed by atoms with Crippen molar-refractivity contribution in [3.63, 3.8) is 0 Å². The summed E-state index contributed by atoms with van der Waals surface area (Å²) >= 11 is 0. The van der Waals surface area contributed by atoms with E-state index in [0.29, 0.717) is 12.3 Å². The van der Waals surface area contributed by atoms with Crippen molar-refractivity contribution in [3.8, 4) is 0 Å². The fourth-order valence-electron chi connectivity index (χ4n) is 3.57. The lowest BCUT2D eigenvalue weighted by Crippen LogP contribution is -2.21. The SMILES string of the molecule is O=C(CCC1CCNC1)Nc1ccc(CCN2CCCC2)cc1. The highest BCUT2D eigenvalue weighted by Crippen LogP contribution is 2.16. The van der Waals surface area contributed by atoms with Crippen molar-refractivity contribution < 1.29 is 4.79 Å². The van der Waals surface area contributed by atoms with Gasteiger partial charge in [-0.3, -0.25) is 4.79 Å². The van der Waals surface area contributed by atoms with Crippen molar-refractivity contribution in [3.05, 3.63) is 29.8 Å². The van der Waals surface area contributed by atoms with Gasteiger partial charge in [-0.25, -0.2) is 0 Å². The Kier molecular flexibility index (Phi) is 6.06. The van der Waals surface area contributed by atoms with Crippen LogP contribution in [0.25, 0.3) is 0 Å². The molecule has 0 spiro atoms. The van der Waals surface area contributed by atoms with Crippen LogP contribution < -0.4 is 10.6 Å². The summed E-state index contributed by atoms with van der Waals surface area (Å²) in [5.41, 5.74) is 2.27. The summed E-state index contributed by atoms with van der Waals surface area (Å²) in [5.74, 6) is 0.815. The Bertz CT molecular complexity index is 488. The highest BCUT2D eigenvalue weighted by atomic mass is 16.1. The van der Waals surface area contributed by atoms with Gasteiger partial charge in [-0.15, -0.1) is 0 Å². The fourth-order valence-corrected chi connectivity index (χ4v) is 3.57. The van der Waals surface area contributed by atoms with E-state index >= 15 is 0 Å². The zero-order chi connectivity index (χ0) is 15.9. The molecule has 2 aliphatic heterocycles. The van der Waals surface area contributed by atoms with Gasteiger partial charge >= 0.3 is 0 Å². The van der Waals surface area contributed by atoms with Gasteiger partial charge in [-0.05, 0) is 81.9 Å². The molecule has 0 saturated carbocycles. The van der Waals surface area contributed by atoms with Crippen LogP contribution in [0.1, 0.15) is 37.7 Å². The largest absolute Gasteiger partial charge is 0.326 e. The Hall–Kier alpha value is -1.39. The number of amides is 1. The summed E-state index contributed by atoms with van der Waals surface area (Å²) < 4.78 is 0. The third-order valence-electron chi connectivity index (χ3n) is 5.10. The normalized spacial score (nSPS) is 21.7. The summed E-state index contributed by atoms with van der Waals surface area (Å²) in [6, 6.07) is 8.36. The number of carbonyl (C=O) groups is 1. The Morgan fingerprint density at radius 2 is 2.00 bits per heavy atom. The molecule has 2 heterocycles. The third kappa shape index (κ3) is 5.33. The molecule has 0 bridgehead atoms. The van der Waals surface area contributed by atoms with Crippen molar-refractivity contribution in [2.24, 2.45) is 5.92 Å². The summed E-state index contributed by atoms with van der Waals surface area (Å²) in [6.07, 6.45) is 6.63. The standard InChI is InChI=1S/C19H29N3O/c23-19(8-5-17-9-11-20-15-17)21-18-6-3-16(4-7-18)10-14-22-12-1-2-13-22/h3-4,6-7,17,20H,1-2,5,8-15H2,(H,21,23). The van der Waals surface area contributed by atoms with Crippen LogP contribution in [0.4, 0.5) is 5.69 Å². The van der Waals surface area contributed by atoms with Crippen LogP contribution in [0.3, 0.4) is 0 Å². The first-order chi connectivity index (χ1) is 11.3. The first kappa shape index (κ1) is 16.5. The monoisotopic (exact) mass is 315 g/mol. The molecule has 1 amide bonds. The molecule has 1 aromatic carbocycles. The van der Waals surface area contributed by atoms with E-state index < -0.39 is 0 Å². The molecule has 1 unspecified atom stereocenters. The van der Waals surface area contributed by atoms with Crippen LogP contribution >= 0.6 is 0 Å². The second-order valence-corrected chi connectivity index (χ2v) is 6.94. The molecule has 0 aliphatic carbocycles. The van der Waals surface area contributed by atoms with Crippen LogP contribution in [0.2, 0.25) is 0 Å². The quantitative estimate of drug-likeness (QED) is 0.813. The average Bonchev–Trinajstić information content (AvgIpc) is 3.26. The van der Waals surface area contributed by atoms with Gasteiger partial charge in [-0.2, -0.15) is 0 Å². The maximum Gasteiger partial charge on any atom is 0.224 e. The molecular weight excluding hydrogens is 286 g/mol. The second kappa shape index (κ2) is 8.46. The third-order valence-corrected chi connectivity index (χ3v) is 5.10. The minimum Gasteiger partial charge on any atom is -0.326 e. The Labute approximate surface area is 139 Å². The number of carbonyl (C=O) groups excluding carboxylic acids is 1. The van der Waals surface area contributed by atoms with Gasteiger partial charge in [0.05, 0.1) is 0 Å². The Balaban J connectivity index is 1.38. The van der Waals surface area contributed by atoms with E-state index in [1.54, 1.807) is 0 Å². The topological polar surface area (TPSA) is 44.4 Å². The average molecular weight is 315 g/mol. The number of anilines is 1. The minimum absolute atomic E-state index is 0.140. The van der Waals surface area contributed by atoms with E-state index in [1.165, 1.54) is 37.9 Å². The molecule has 2 fully saturated rings. The number of hydrogen-bond acceptors (Lipinski definition) is 3. The summed E-state index contributed by atoms with van der Waals surface area (Å²) in [4.78, 5) is 14.6. The maximum absolute atomic E-state index is 12.0. The molecule has 4 heteroatoms. The Morgan fingerprint density at radius 3 is 2.70 bits per heavy atom. The summed E-state index contributed by atoms with van der Waals surface area (Å²) in [7, 11) is 0. The van der Waals surface area contributed by atoms with E-state index in [2.05, 4.69) is 27.7 Å². The number of rotatable bonds is 7. The maximum atomic E-state index is 12.0. The molecule has 126 valence electrons. The lowest BCUT2D eigenvalue weighted by molar-refractivity contribution is -0.116. The zero-order valence-corrected chi connectivity index (χ0v) is 14.0. The van der Waals surface area contributed by atoms with Gasteiger partial charge in [0, 0.05) is 18.7 Å². The first-order valence-electron chi connectivity index (χ1n) is 9.11. The molecule has 0 radical (unpaired) electrons. The van der Waals surface area contributed by atoms with Crippen LogP contribution in [0.5, 0.6) is 0 Å². The van der Waals surface area contributed by atoms with Gasteiger partial charge in [-0.1, -0.05) is 12.1 Å². The molecule has 4 nitrogen and oxygen atoms in total. The molecule has 0 aromatic heterocycles. The van der Waals surface area contributed by atoms with E-state index in [1.807, 2.05) is 12.1 Å². The number of likely N-dealkylation sites (tertiary alicyclic amines) is 1. The highest BCUT2D eigenvalue weighted by molar-refractivity contribution is 5.90. The molecule has 3 rings (SSSR count). The molecule has 2 saturated heterocycles. The van der Waals surface area contributed by atoms with Crippen molar-refractivity contribution >= 4 is 11.6 Å². The fraction of sp³-hybridized carbons (Fsp3) is 0.632. The molecule has 1 aromatic rings. The van der Waals surface area contributed by atoms with E-state index in [-0.39, 0.29) is 5.91 Å². The van der Waals surface area contributed by atoms with Crippen molar-refractivity contribution in [2.45, 2.75) is 38.5 Å². The molecule has 23 heavy (non-hydrogen) atoms. The second-order valence-electron chi connectivity index (χ2n) is 6.94. The predicted molar refractivity (Wildman–Crippen MR) is 94.7 cm³/mol. The van der Waals surface area contributed by atoms with Crippen LogP contribution in [0.15, 0.2) is 24.3 Å². The molecule has 2 N–H and O–H groups in total. The highest BCUT2D eigenvalue weighted by Gasteiger charge is 2.15. The van der Waals surface area contributed by atoms with Crippen LogP contribution in [-0.4, -0.2) is 43.5 Å². The summed E-state index contributed by atoms with van der Waals surface area (Å²) in [5, 5.41) is 6.37. The Morgan fingerprint density at radius 1 is 1.22 bits per heavy atom. The van der Waals surface area contributed by atoms with E-state index in [4.69, 9.17) is 0 Å². The number of nitrogens with zero attached hydrogens (tertiary/aromatic N) is 1. The van der Waals surface area contributed by atoms with Gasteiger partial charge in [0.15, 0.2) is 0 Å². The zero-order valence-electron chi connectivity index (χ0n) is 14.0. The lowest BCUT2D eigenvalue weighted by atomic mass is 10.0. The van der Waals surface area contributed by atoms with E-state index in [9.17, 15) is 4.79 Å². The van der Waals surface area contributed by atoms with Gasteiger partial charge in [0.25, 0.3) is 0 Å². The number of benzene rings is 1. The van der Waals surface area contributed by atoms with Crippen molar-refractivity contribution in [1.29, 1.82) is 0 Å². The van der Waals surface area contributed by atoms with Gasteiger partial charge in [0.1, 0.15) is 0 Å². The first-order valence-corrected chi connectivity index (χ1v) is 9.11. The molecular formula is C19H29N3O. The number of nitrogens with one attached hydrogen (secondary N) is 2. The summed E-state index contributed by atoms with van der Waals surface area (Å²) in [6.45, 7) is 5.83. The van der Waals surface area contributed by atoms with Crippen LogP contribution in [0, 0.1) is 5.92 Å². The molecule has 2 aliphatic rings. The van der Waals surface area contributed by atoms with Crippen molar-refractivity contribution in [1.82, 2.24) is 10.2 Å². The van der Waals surface area contributed by atoms with Gasteiger partial charge in [0.2, 0.25) is 5.91 Å². The van der Waals surface area contributed by atoms with E-state index in [0.717, 1.165) is 38.2 Å². The smallest absolute Gasteiger partial charge is 0.224 e. The number of hydrogen-bond donors (Lipinski definition) is 2. The van der Waals surface area contributed by atoms with Crippen molar-refractivity contribution in [2.75, 3.05) is 38.0 Å². The lowest BCUT2D eigenvalue weighted by Gasteiger charge is -2.14. The minimum atomic E-state index is 0.140. The molecule has 1 atom stereocenters. The van der Waals surface area contributed by atoms with Crippen LogP contribution in [-0.2, 0) is 11.2 Å².